The summed E-state index contributed by atoms with van der Waals surface area (Å²) in [5.41, 5.74) is 0.328. The highest BCUT2D eigenvalue weighted by molar-refractivity contribution is 5.93. The van der Waals surface area contributed by atoms with E-state index in [9.17, 15) is 9.59 Å². The third-order valence-corrected chi connectivity index (χ3v) is 3.59. The summed E-state index contributed by atoms with van der Waals surface area (Å²) in [4.78, 5) is 35.6. The van der Waals surface area contributed by atoms with Gasteiger partial charge in [-0.05, 0) is 6.92 Å². The maximum absolute atomic E-state index is 12.5. The van der Waals surface area contributed by atoms with Gasteiger partial charge in [0.05, 0.1) is 13.2 Å². The zero-order chi connectivity index (χ0) is 17.4. The fourth-order valence-corrected chi connectivity index (χ4v) is 2.32. The van der Waals surface area contributed by atoms with E-state index in [1.54, 1.807) is 29.9 Å². The maximum atomic E-state index is 12.5. The lowest BCUT2D eigenvalue weighted by Crippen LogP contribution is -2.50. The summed E-state index contributed by atoms with van der Waals surface area (Å²) in [6.07, 6.45) is 1.02. The molecule has 2 rings (SSSR count). The normalized spacial score (nSPS) is 14.4. The number of aromatic nitrogens is 2. The number of amides is 2. The highest BCUT2D eigenvalue weighted by atomic mass is 16.6. The predicted molar refractivity (Wildman–Crippen MR) is 86.9 cm³/mol. The number of carbonyl (C=O) groups is 2. The first kappa shape index (κ1) is 17.9. The van der Waals surface area contributed by atoms with E-state index in [0.717, 1.165) is 0 Å². The van der Waals surface area contributed by atoms with Gasteiger partial charge in [0.15, 0.2) is 0 Å². The Morgan fingerprint density at radius 2 is 1.92 bits per heavy atom. The van der Waals surface area contributed by atoms with Crippen LogP contribution in [0.3, 0.4) is 0 Å². The van der Waals surface area contributed by atoms with Gasteiger partial charge in [-0.2, -0.15) is 0 Å². The lowest BCUT2D eigenvalue weighted by atomic mass is 10.2. The van der Waals surface area contributed by atoms with Crippen LogP contribution in [0.25, 0.3) is 0 Å². The molecule has 1 fully saturated rings. The molecule has 0 spiro atoms. The molecule has 2 amide bonds. The van der Waals surface area contributed by atoms with Gasteiger partial charge in [0.1, 0.15) is 17.8 Å². The van der Waals surface area contributed by atoms with Crippen molar-refractivity contribution in [3.05, 3.63) is 18.1 Å². The Balaban J connectivity index is 1.90. The van der Waals surface area contributed by atoms with Crippen molar-refractivity contribution in [2.24, 2.45) is 0 Å². The van der Waals surface area contributed by atoms with Crippen LogP contribution in [0, 0.1) is 0 Å². The summed E-state index contributed by atoms with van der Waals surface area (Å²) < 4.78 is 9.93. The number of methoxy groups -OCH3 is 1. The van der Waals surface area contributed by atoms with E-state index in [1.165, 1.54) is 6.33 Å². The number of nitrogens with zero attached hydrogens (tertiary/aromatic N) is 4. The van der Waals surface area contributed by atoms with Crippen molar-refractivity contribution >= 4 is 17.8 Å². The number of piperazine rings is 1. The Bertz CT molecular complexity index is 561. The van der Waals surface area contributed by atoms with E-state index in [2.05, 4.69) is 15.3 Å². The van der Waals surface area contributed by atoms with Crippen LogP contribution in [0.5, 0.6) is 0 Å². The van der Waals surface area contributed by atoms with Gasteiger partial charge in [-0.15, -0.1) is 0 Å². The summed E-state index contributed by atoms with van der Waals surface area (Å²) >= 11 is 0. The first-order chi connectivity index (χ1) is 11.7. The maximum Gasteiger partial charge on any atom is 0.409 e. The van der Waals surface area contributed by atoms with E-state index in [1.807, 2.05) is 0 Å². The van der Waals surface area contributed by atoms with Crippen LogP contribution in [0.1, 0.15) is 17.4 Å². The number of nitrogens with one attached hydrogen (secondary N) is 1. The quantitative estimate of drug-likeness (QED) is 0.753. The highest BCUT2D eigenvalue weighted by Gasteiger charge is 2.26. The van der Waals surface area contributed by atoms with Crippen LogP contribution in [0.2, 0.25) is 0 Å². The molecule has 0 radical (unpaired) electrons. The van der Waals surface area contributed by atoms with Gasteiger partial charge in [-0.25, -0.2) is 14.8 Å². The second-order valence-corrected chi connectivity index (χ2v) is 5.19. The SMILES string of the molecule is CCOC(=O)N1CCN(C(=O)c2cc(NCCOC)ncn2)CC1. The molecule has 0 bridgehead atoms. The van der Waals surface area contributed by atoms with E-state index in [4.69, 9.17) is 9.47 Å². The summed E-state index contributed by atoms with van der Waals surface area (Å²) in [6.45, 7) is 5.07. The number of hydrogen-bond donors (Lipinski definition) is 1. The van der Waals surface area contributed by atoms with Crippen molar-refractivity contribution in [3.8, 4) is 0 Å². The van der Waals surface area contributed by atoms with Gasteiger partial charge in [0.2, 0.25) is 0 Å². The molecule has 0 saturated carbocycles. The Morgan fingerprint density at radius 3 is 2.58 bits per heavy atom. The second-order valence-electron chi connectivity index (χ2n) is 5.19. The molecular formula is C15H23N5O4. The molecule has 1 aliphatic heterocycles. The predicted octanol–water partition coefficient (Wildman–Crippen LogP) is 0.449. The molecule has 1 aromatic heterocycles. The van der Waals surface area contributed by atoms with Crippen LogP contribution in [-0.2, 0) is 9.47 Å². The Hall–Kier alpha value is -2.42. The molecule has 1 aromatic rings. The van der Waals surface area contributed by atoms with Gasteiger partial charge >= 0.3 is 6.09 Å². The van der Waals surface area contributed by atoms with Crippen molar-refractivity contribution in [1.82, 2.24) is 19.8 Å². The van der Waals surface area contributed by atoms with Gasteiger partial charge in [-0.3, -0.25) is 4.79 Å². The number of carbonyl (C=O) groups excluding carboxylic acids is 2. The van der Waals surface area contributed by atoms with Gasteiger partial charge < -0.3 is 24.6 Å². The number of ether oxygens (including phenoxy) is 2. The first-order valence-corrected chi connectivity index (χ1v) is 7.91. The van der Waals surface area contributed by atoms with Crippen molar-refractivity contribution in [3.63, 3.8) is 0 Å². The van der Waals surface area contributed by atoms with Crippen molar-refractivity contribution in [2.75, 3.05) is 58.4 Å². The number of anilines is 1. The van der Waals surface area contributed by atoms with Crippen molar-refractivity contribution in [1.29, 1.82) is 0 Å². The van der Waals surface area contributed by atoms with Gasteiger partial charge in [-0.1, -0.05) is 0 Å². The van der Waals surface area contributed by atoms with E-state index < -0.39 is 0 Å². The smallest absolute Gasteiger partial charge is 0.409 e. The average molecular weight is 337 g/mol. The third-order valence-electron chi connectivity index (χ3n) is 3.59. The van der Waals surface area contributed by atoms with Crippen LogP contribution in [0.15, 0.2) is 12.4 Å². The van der Waals surface area contributed by atoms with Crippen LogP contribution in [-0.4, -0.2) is 84.8 Å². The van der Waals surface area contributed by atoms with Crippen LogP contribution in [0.4, 0.5) is 10.6 Å². The van der Waals surface area contributed by atoms with E-state index >= 15 is 0 Å². The van der Waals surface area contributed by atoms with Crippen LogP contribution < -0.4 is 5.32 Å². The lowest BCUT2D eigenvalue weighted by molar-refractivity contribution is 0.0566. The minimum absolute atomic E-state index is 0.171. The zero-order valence-corrected chi connectivity index (χ0v) is 14.0. The molecule has 9 nitrogen and oxygen atoms in total. The molecule has 132 valence electrons. The van der Waals surface area contributed by atoms with Crippen molar-refractivity contribution in [2.45, 2.75) is 6.92 Å². The molecule has 24 heavy (non-hydrogen) atoms. The summed E-state index contributed by atoms with van der Waals surface area (Å²) in [5, 5.41) is 3.06. The standard InChI is InChI=1S/C15H23N5O4/c1-3-24-15(22)20-7-5-19(6-8-20)14(21)12-10-13(18-11-17-12)16-4-9-23-2/h10-11H,3-9H2,1-2H3,(H,16,17,18). The third kappa shape index (κ3) is 4.79. The molecular weight excluding hydrogens is 314 g/mol. The molecule has 0 aliphatic carbocycles. The summed E-state index contributed by atoms with van der Waals surface area (Å²) in [6, 6.07) is 1.62. The molecule has 9 heteroatoms. The largest absolute Gasteiger partial charge is 0.450 e. The molecule has 1 N–H and O–H groups in total. The summed E-state index contributed by atoms with van der Waals surface area (Å²) in [7, 11) is 1.62. The fraction of sp³-hybridized carbons (Fsp3) is 0.600. The van der Waals surface area contributed by atoms with E-state index in [-0.39, 0.29) is 12.0 Å². The van der Waals surface area contributed by atoms with Gasteiger partial charge in [0.25, 0.3) is 5.91 Å². The topological polar surface area (TPSA) is 96.9 Å². The molecule has 0 atom stereocenters. The average Bonchev–Trinajstić information content (AvgIpc) is 2.62. The fourth-order valence-electron chi connectivity index (χ4n) is 2.32. The molecule has 1 aliphatic rings. The Morgan fingerprint density at radius 1 is 1.21 bits per heavy atom. The molecule has 1 saturated heterocycles. The monoisotopic (exact) mass is 337 g/mol. The minimum atomic E-state index is -0.337. The first-order valence-electron chi connectivity index (χ1n) is 7.91. The Kier molecular flexibility index (Phi) is 6.74. The minimum Gasteiger partial charge on any atom is -0.450 e. The summed E-state index contributed by atoms with van der Waals surface area (Å²) in [5.74, 6) is 0.409. The lowest BCUT2D eigenvalue weighted by Gasteiger charge is -2.33. The molecule has 2 heterocycles. The van der Waals surface area contributed by atoms with E-state index in [0.29, 0.717) is 57.4 Å². The zero-order valence-electron chi connectivity index (χ0n) is 14.0. The van der Waals surface area contributed by atoms with Gasteiger partial charge in [0, 0.05) is 45.9 Å². The number of hydrogen-bond acceptors (Lipinski definition) is 7. The highest BCUT2D eigenvalue weighted by Crippen LogP contribution is 2.10. The molecule has 0 unspecified atom stereocenters. The number of rotatable bonds is 6. The van der Waals surface area contributed by atoms with Crippen LogP contribution >= 0.6 is 0 Å². The molecule has 0 aromatic carbocycles. The second kappa shape index (κ2) is 9.02. The van der Waals surface area contributed by atoms with Crippen molar-refractivity contribution < 1.29 is 19.1 Å². The Labute approximate surface area is 140 Å².